The van der Waals surface area contributed by atoms with Crippen molar-refractivity contribution >= 4 is 46.4 Å². The number of hydrogen-bond donors (Lipinski definition) is 0. The van der Waals surface area contributed by atoms with Crippen LogP contribution in [0.3, 0.4) is 0 Å². The summed E-state index contributed by atoms with van der Waals surface area (Å²) in [6, 6.07) is 28.6. The van der Waals surface area contributed by atoms with Crippen LogP contribution in [0.4, 0.5) is 0 Å². The molecule has 0 unspecified atom stereocenters. The minimum Gasteiger partial charge on any atom is -0.657 e. The normalized spacial score (nSPS) is 12.0. The first-order valence-electron chi connectivity index (χ1n) is 17.1. The molecule has 2 aliphatic rings. The molecule has 8 nitrogen and oxygen atoms in total. The molecule has 2 aromatic carbocycles. The van der Waals surface area contributed by atoms with Gasteiger partial charge in [0.05, 0.1) is 36.0 Å². The van der Waals surface area contributed by atoms with E-state index in [2.05, 4.69) is 86.5 Å². The number of hydrogen-bond acceptors (Lipinski definition) is 6. The van der Waals surface area contributed by atoms with E-state index in [0.717, 1.165) is 105 Å². The Bertz CT molecular complexity index is 2060. The summed E-state index contributed by atoms with van der Waals surface area (Å²) in [6.07, 6.45) is 10.1. The molecule has 0 aliphatic carbocycles. The summed E-state index contributed by atoms with van der Waals surface area (Å²) in [5, 5.41) is 0. The molecule has 3 aromatic heterocycles. The standard InChI is InChI=1S/C42H42N6O2.Zn/c1-47(2)21-7-23-49-35-11-5-9-29(25-35)41-37-17-13-31(43-37)27-33-15-19-39(45-33)42(30-10-6-12-36(26-30)50-24-8-22-48(3)4)40-20-16-34(46-40)28-32-14-18-38(41)44-32;/h5-6,9-20,25-28H,7-8,21-24H2,1-4H3;/q-2;+2. The first-order chi connectivity index (χ1) is 24.4. The fraction of sp³-hybridized carbons (Fsp3) is 0.238. The number of fused-ring (bicyclic) bond motifs is 8. The van der Waals surface area contributed by atoms with Gasteiger partial charge in [-0.2, -0.15) is 0 Å². The molecule has 0 saturated heterocycles. The van der Waals surface area contributed by atoms with Crippen LogP contribution in [0.15, 0.2) is 84.9 Å². The molecule has 0 saturated carbocycles. The van der Waals surface area contributed by atoms with E-state index in [9.17, 15) is 0 Å². The van der Waals surface area contributed by atoms with Gasteiger partial charge in [-0.1, -0.05) is 60.7 Å². The minimum absolute atomic E-state index is 0. The Hall–Kier alpha value is -4.82. The van der Waals surface area contributed by atoms with Crippen LogP contribution in [0.5, 0.6) is 11.5 Å². The largest absolute Gasteiger partial charge is 2.00 e. The van der Waals surface area contributed by atoms with Gasteiger partial charge >= 0.3 is 19.5 Å². The Morgan fingerprint density at radius 1 is 0.549 bits per heavy atom. The number of benzene rings is 2. The molecule has 0 spiro atoms. The molecular weight excluding hydrogens is 686 g/mol. The van der Waals surface area contributed by atoms with E-state index in [4.69, 9.17) is 29.4 Å². The molecule has 5 heterocycles. The molecule has 0 N–H and O–H groups in total. The van der Waals surface area contributed by atoms with Crippen LogP contribution in [-0.2, 0) is 19.5 Å². The second kappa shape index (κ2) is 16.5. The van der Waals surface area contributed by atoms with Crippen molar-refractivity contribution in [2.75, 3.05) is 54.5 Å². The maximum Gasteiger partial charge on any atom is 2.00 e. The Morgan fingerprint density at radius 2 is 1.00 bits per heavy atom. The summed E-state index contributed by atoms with van der Waals surface area (Å²) in [5.41, 5.74) is 10.6. The van der Waals surface area contributed by atoms with Crippen LogP contribution in [-0.4, -0.2) is 74.3 Å². The van der Waals surface area contributed by atoms with Crippen molar-refractivity contribution in [3.05, 3.63) is 108 Å². The predicted octanol–water partition coefficient (Wildman–Crippen LogP) is 7.91. The molecule has 8 bridgehead atoms. The molecule has 2 aliphatic heterocycles. The van der Waals surface area contributed by atoms with E-state index in [1.54, 1.807) is 0 Å². The molecule has 0 fully saturated rings. The van der Waals surface area contributed by atoms with E-state index in [0.29, 0.717) is 13.2 Å². The van der Waals surface area contributed by atoms with Crippen molar-refractivity contribution in [3.63, 3.8) is 0 Å². The molecule has 51 heavy (non-hydrogen) atoms. The van der Waals surface area contributed by atoms with Crippen molar-refractivity contribution in [3.8, 4) is 33.8 Å². The molecule has 5 aromatic rings. The second-order valence-corrected chi connectivity index (χ2v) is 13.1. The van der Waals surface area contributed by atoms with E-state index in [1.165, 1.54) is 0 Å². The molecule has 0 amide bonds. The zero-order chi connectivity index (χ0) is 34.5. The first kappa shape index (κ1) is 36.0. The summed E-state index contributed by atoms with van der Waals surface area (Å²) >= 11 is 0. The zero-order valence-electron chi connectivity index (χ0n) is 29.8. The van der Waals surface area contributed by atoms with Gasteiger partial charge in [0.1, 0.15) is 11.5 Å². The number of ether oxygens (including phenoxy) is 2. The third-order valence-corrected chi connectivity index (χ3v) is 8.54. The maximum atomic E-state index is 6.14. The summed E-state index contributed by atoms with van der Waals surface area (Å²) < 4.78 is 12.3. The molecule has 254 valence electrons. The molecular formula is C42H42N6O2Zn. The summed E-state index contributed by atoms with van der Waals surface area (Å²) in [6.45, 7) is 3.25. The van der Waals surface area contributed by atoms with Crippen LogP contribution in [0.2, 0.25) is 0 Å². The monoisotopic (exact) mass is 726 g/mol. The van der Waals surface area contributed by atoms with Crippen LogP contribution in [0.1, 0.15) is 35.6 Å². The van der Waals surface area contributed by atoms with Crippen molar-refractivity contribution in [1.82, 2.24) is 29.7 Å². The summed E-state index contributed by atoms with van der Waals surface area (Å²) in [7, 11) is 8.30. The predicted molar refractivity (Wildman–Crippen MR) is 205 cm³/mol. The third-order valence-electron chi connectivity index (χ3n) is 8.54. The van der Waals surface area contributed by atoms with Gasteiger partial charge < -0.3 is 29.2 Å². The van der Waals surface area contributed by atoms with Gasteiger partial charge in [-0.25, -0.2) is 9.97 Å². The quantitative estimate of drug-likeness (QED) is 0.0929. The molecule has 9 heteroatoms. The fourth-order valence-electron chi connectivity index (χ4n) is 6.17. The van der Waals surface area contributed by atoms with Gasteiger partial charge in [0, 0.05) is 13.1 Å². The molecule has 0 radical (unpaired) electrons. The average molecular weight is 728 g/mol. The molecule has 0 atom stereocenters. The van der Waals surface area contributed by atoms with Gasteiger partial charge in [0.15, 0.2) is 0 Å². The van der Waals surface area contributed by atoms with Crippen molar-refractivity contribution < 1.29 is 29.0 Å². The number of nitrogens with zero attached hydrogens (tertiary/aromatic N) is 6. The van der Waals surface area contributed by atoms with Crippen LogP contribution in [0.25, 0.3) is 68.6 Å². The molecule has 7 rings (SSSR count). The average Bonchev–Trinajstić information content (AvgIpc) is 3.93. The Labute approximate surface area is 312 Å². The minimum atomic E-state index is 0. The Kier molecular flexibility index (Phi) is 11.6. The van der Waals surface area contributed by atoms with E-state index < -0.39 is 0 Å². The van der Waals surface area contributed by atoms with E-state index >= 15 is 0 Å². The van der Waals surface area contributed by atoms with Crippen LogP contribution >= 0.6 is 0 Å². The van der Waals surface area contributed by atoms with E-state index in [-0.39, 0.29) is 19.5 Å². The topological polar surface area (TPSA) is 78.9 Å². The number of rotatable bonds is 12. The Balaban J connectivity index is 0.00000448. The second-order valence-electron chi connectivity index (χ2n) is 13.1. The van der Waals surface area contributed by atoms with Crippen LogP contribution < -0.4 is 19.4 Å². The van der Waals surface area contributed by atoms with E-state index in [1.807, 2.05) is 60.7 Å². The number of aromatic nitrogens is 4. The smallest absolute Gasteiger partial charge is 0.657 e. The summed E-state index contributed by atoms with van der Waals surface area (Å²) in [5.74, 6) is 1.65. The van der Waals surface area contributed by atoms with Crippen molar-refractivity contribution in [1.29, 1.82) is 0 Å². The Morgan fingerprint density at radius 3 is 1.43 bits per heavy atom. The van der Waals surface area contributed by atoms with Crippen LogP contribution in [0, 0.1) is 0 Å². The maximum absolute atomic E-state index is 6.14. The van der Waals surface area contributed by atoms with Crippen molar-refractivity contribution in [2.45, 2.75) is 12.8 Å². The van der Waals surface area contributed by atoms with Gasteiger partial charge in [-0.05, 0) is 112 Å². The fourth-order valence-corrected chi connectivity index (χ4v) is 6.17. The first-order valence-corrected chi connectivity index (χ1v) is 17.1. The van der Waals surface area contributed by atoms with Gasteiger partial charge in [-0.15, -0.1) is 22.1 Å². The SMILES string of the molecule is CN(C)CCCOc1cccc(-c2c3nc(cc4ccc([n-]4)c(-c4cccc(OCCCN(C)C)c4)c4nc(cc5ccc2[n-]5)C=C4)C=C3)c1.[Zn+2]. The zero-order valence-corrected chi connectivity index (χ0v) is 32.8. The van der Waals surface area contributed by atoms with Crippen molar-refractivity contribution in [2.24, 2.45) is 0 Å². The van der Waals surface area contributed by atoms with Gasteiger partial charge in [-0.3, -0.25) is 0 Å². The third kappa shape index (κ3) is 8.92. The summed E-state index contributed by atoms with van der Waals surface area (Å²) in [4.78, 5) is 24.6. The van der Waals surface area contributed by atoms with Gasteiger partial charge in [0.2, 0.25) is 0 Å². The van der Waals surface area contributed by atoms with Gasteiger partial charge in [0.25, 0.3) is 0 Å².